The first-order valence-corrected chi connectivity index (χ1v) is 9.64. The molecular formula is C20H18N4O2S. The topological polar surface area (TPSA) is 87.9 Å². The fourth-order valence-corrected chi connectivity index (χ4v) is 4.73. The summed E-state index contributed by atoms with van der Waals surface area (Å²) in [6, 6.07) is 9.72. The molecule has 0 bridgehead atoms. The van der Waals surface area contributed by atoms with E-state index in [1.807, 2.05) is 24.3 Å². The zero-order chi connectivity index (χ0) is 18.8. The Bertz CT molecular complexity index is 1050. The lowest BCUT2D eigenvalue weighted by molar-refractivity contribution is -0.118. The van der Waals surface area contributed by atoms with Crippen molar-refractivity contribution in [3.63, 3.8) is 0 Å². The number of hydrogen-bond acceptors (Lipinski definition) is 6. The molecule has 0 aliphatic heterocycles. The minimum absolute atomic E-state index is 0.176. The number of fused-ring (bicyclic) bond motifs is 2. The lowest BCUT2D eigenvalue weighted by Gasteiger charge is -2.17. The lowest BCUT2D eigenvalue weighted by Crippen LogP contribution is -2.20. The van der Waals surface area contributed by atoms with E-state index in [1.165, 1.54) is 22.5 Å². The molecule has 1 atom stereocenters. The molecule has 136 valence electrons. The maximum atomic E-state index is 12.4. The molecule has 1 amide bonds. The van der Waals surface area contributed by atoms with Crippen molar-refractivity contribution in [1.82, 2.24) is 9.97 Å². The Labute approximate surface area is 160 Å². The number of carbonyl (C=O) groups is 1. The van der Waals surface area contributed by atoms with Crippen molar-refractivity contribution >= 4 is 33.1 Å². The average molecular weight is 378 g/mol. The van der Waals surface area contributed by atoms with Gasteiger partial charge >= 0.3 is 0 Å². The summed E-state index contributed by atoms with van der Waals surface area (Å²) in [5.41, 5.74) is 2.45. The van der Waals surface area contributed by atoms with E-state index in [4.69, 9.17) is 4.74 Å². The van der Waals surface area contributed by atoms with Crippen LogP contribution in [0.5, 0.6) is 5.88 Å². The monoisotopic (exact) mass is 378 g/mol. The minimum Gasteiger partial charge on any atom is -0.467 e. The number of para-hydroxylation sites is 1. The molecule has 1 N–H and O–H groups in total. The van der Waals surface area contributed by atoms with E-state index in [2.05, 4.69) is 28.3 Å². The standard InChI is InChI=1S/C20H18N4O2S/c1-12-6-7-13-15(9-21)20(27-17(13)8-12)24-18(25)10-26-19-14-4-2-3-5-16(14)22-11-23-19/h2-5,11-12H,6-8,10H2,1H3,(H,24,25)/t12-/m0/s1. The zero-order valence-corrected chi connectivity index (χ0v) is 15.7. The van der Waals surface area contributed by atoms with Crippen molar-refractivity contribution in [2.24, 2.45) is 5.92 Å². The van der Waals surface area contributed by atoms with Crippen molar-refractivity contribution in [3.8, 4) is 11.9 Å². The predicted octanol–water partition coefficient (Wildman–Crippen LogP) is 3.71. The number of ether oxygens (including phenoxy) is 1. The number of amides is 1. The van der Waals surface area contributed by atoms with Crippen LogP contribution in [0.4, 0.5) is 5.00 Å². The molecule has 0 radical (unpaired) electrons. The molecule has 27 heavy (non-hydrogen) atoms. The Morgan fingerprint density at radius 2 is 2.26 bits per heavy atom. The fourth-order valence-electron chi connectivity index (χ4n) is 3.35. The Hall–Kier alpha value is -2.98. The Morgan fingerprint density at radius 3 is 3.11 bits per heavy atom. The lowest BCUT2D eigenvalue weighted by atomic mass is 9.89. The third-order valence-electron chi connectivity index (χ3n) is 4.72. The second-order valence-electron chi connectivity index (χ2n) is 6.70. The molecule has 2 aromatic heterocycles. The van der Waals surface area contributed by atoms with Gasteiger partial charge in [0.15, 0.2) is 6.61 Å². The quantitative estimate of drug-likeness (QED) is 0.748. The molecule has 3 aromatic rings. The average Bonchev–Trinajstić information content (AvgIpc) is 3.02. The third-order valence-corrected chi connectivity index (χ3v) is 5.89. The smallest absolute Gasteiger partial charge is 0.263 e. The zero-order valence-electron chi connectivity index (χ0n) is 14.9. The van der Waals surface area contributed by atoms with Crippen LogP contribution in [0.3, 0.4) is 0 Å². The predicted molar refractivity (Wildman–Crippen MR) is 104 cm³/mol. The molecule has 4 rings (SSSR count). The van der Waals surface area contributed by atoms with Crippen LogP contribution < -0.4 is 10.1 Å². The molecule has 1 aliphatic rings. The maximum Gasteiger partial charge on any atom is 0.263 e. The van der Waals surface area contributed by atoms with Gasteiger partial charge in [0.2, 0.25) is 5.88 Å². The van der Waals surface area contributed by atoms with Crippen LogP contribution in [0.25, 0.3) is 10.9 Å². The van der Waals surface area contributed by atoms with Crippen molar-refractivity contribution in [1.29, 1.82) is 5.26 Å². The van der Waals surface area contributed by atoms with Gasteiger partial charge in [0, 0.05) is 4.88 Å². The fraction of sp³-hybridized carbons (Fsp3) is 0.300. The van der Waals surface area contributed by atoms with Crippen LogP contribution in [0, 0.1) is 17.2 Å². The molecule has 2 heterocycles. The van der Waals surface area contributed by atoms with Gasteiger partial charge < -0.3 is 10.1 Å². The summed E-state index contributed by atoms with van der Waals surface area (Å²) in [6.07, 6.45) is 4.36. The van der Waals surface area contributed by atoms with E-state index in [0.29, 0.717) is 22.4 Å². The first-order chi connectivity index (χ1) is 13.2. The van der Waals surface area contributed by atoms with E-state index in [1.54, 1.807) is 0 Å². The van der Waals surface area contributed by atoms with Gasteiger partial charge in [0.05, 0.1) is 16.5 Å². The van der Waals surface area contributed by atoms with Crippen LogP contribution in [-0.2, 0) is 17.6 Å². The van der Waals surface area contributed by atoms with Gasteiger partial charge in [-0.2, -0.15) is 5.26 Å². The molecule has 1 aromatic carbocycles. The van der Waals surface area contributed by atoms with E-state index in [-0.39, 0.29) is 12.5 Å². The number of anilines is 1. The number of thiophene rings is 1. The third kappa shape index (κ3) is 3.49. The van der Waals surface area contributed by atoms with Gasteiger partial charge in [-0.1, -0.05) is 19.1 Å². The molecular weight excluding hydrogens is 360 g/mol. The van der Waals surface area contributed by atoms with Gasteiger partial charge in [-0.25, -0.2) is 9.97 Å². The molecule has 1 aliphatic carbocycles. The van der Waals surface area contributed by atoms with Crippen LogP contribution in [0.1, 0.15) is 29.3 Å². The SMILES string of the molecule is C[C@H]1CCc2c(sc(NC(=O)COc3ncnc4ccccc34)c2C#N)C1. The van der Waals surface area contributed by atoms with Gasteiger partial charge in [0.1, 0.15) is 17.4 Å². The van der Waals surface area contributed by atoms with Gasteiger partial charge in [-0.05, 0) is 42.9 Å². The van der Waals surface area contributed by atoms with Crippen molar-refractivity contribution in [3.05, 3.63) is 46.6 Å². The van der Waals surface area contributed by atoms with Crippen LogP contribution in [0.2, 0.25) is 0 Å². The summed E-state index contributed by atoms with van der Waals surface area (Å²) in [5.74, 6) is 0.678. The van der Waals surface area contributed by atoms with Crippen LogP contribution in [0.15, 0.2) is 30.6 Å². The summed E-state index contributed by atoms with van der Waals surface area (Å²) >= 11 is 1.51. The number of carbonyl (C=O) groups excluding carboxylic acids is 1. The highest BCUT2D eigenvalue weighted by Crippen LogP contribution is 2.39. The minimum atomic E-state index is -0.305. The molecule has 0 saturated heterocycles. The van der Waals surface area contributed by atoms with Crippen molar-refractivity contribution < 1.29 is 9.53 Å². The summed E-state index contributed by atoms with van der Waals surface area (Å²) in [6.45, 7) is 2.04. The number of benzene rings is 1. The van der Waals surface area contributed by atoms with E-state index < -0.39 is 0 Å². The highest BCUT2D eigenvalue weighted by molar-refractivity contribution is 7.16. The number of nitrogens with zero attached hydrogens (tertiary/aromatic N) is 3. The second kappa shape index (κ2) is 7.33. The van der Waals surface area contributed by atoms with Crippen LogP contribution in [-0.4, -0.2) is 22.5 Å². The van der Waals surface area contributed by atoms with E-state index >= 15 is 0 Å². The first-order valence-electron chi connectivity index (χ1n) is 8.82. The van der Waals surface area contributed by atoms with Gasteiger partial charge in [-0.15, -0.1) is 11.3 Å². The number of nitriles is 1. The highest BCUT2D eigenvalue weighted by atomic mass is 32.1. The molecule has 6 nitrogen and oxygen atoms in total. The summed E-state index contributed by atoms with van der Waals surface area (Å²) in [4.78, 5) is 21.9. The molecule has 7 heteroatoms. The van der Waals surface area contributed by atoms with Gasteiger partial charge in [-0.3, -0.25) is 4.79 Å². The van der Waals surface area contributed by atoms with Crippen molar-refractivity contribution in [2.45, 2.75) is 26.2 Å². The molecule has 0 spiro atoms. The Balaban J connectivity index is 1.48. The second-order valence-corrected chi connectivity index (χ2v) is 7.81. The molecule has 0 saturated carbocycles. The molecule has 0 fully saturated rings. The normalized spacial score (nSPS) is 15.8. The Kier molecular flexibility index (Phi) is 4.73. The highest BCUT2D eigenvalue weighted by Gasteiger charge is 2.24. The van der Waals surface area contributed by atoms with Crippen LogP contribution >= 0.6 is 11.3 Å². The van der Waals surface area contributed by atoms with E-state index in [9.17, 15) is 10.1 Å². The summed E-state index contributed by atoms with van der Waals surface area (Å²) in [7, 11) is 0. The number of nitrogens with one attached hydrogen (secondary N) is 1. The summed E-state index contributed by atoms with van der Waals surface area (Å²) < 4.78 is 5.60. The maximum absolute atomic E-state index is 12.4. The van der Waals surface area contributed by atoms with E-state index in [0.717, 1.165) is 35.7 Å². The first kappa shape index (κ1) is 17.4. The Morgan fingerprint density at radius 1 is 1.41 bits per heavy atom. The van der Waals surface area contributed by atoms with Gasteiger partial charge in [0.25, 0.3) is 5.91 Å². The number of rotatable bonds is 4. The number of hydrogen-bond donors (Lipinski definition) is 1. The molecule has 0 unspecified atom stereocenters. The largest absolute Gasteiger partial charge is 0.467 e. The number of aromatic nitrogens is 2. The van der Waals surface area contributed by atoms with Crippen molar-refractivity contribution in [2.75, 3.05) is 11.9 Å². The summed E-state index contributed by atoms with van der Waals surface area (Å²) in [5, 5.41) is 13.7.